The fourth-order valence-electron chi connectivity index (χ4n) is 5.92. The van der Waals surface area contributed by atoms with Crippen molar-refractivity contribution in [2.75, 3.05) is 0 Å². The fraction of sp³-hybridized carbons (Fsp3) is 0. The summed E-state index contributed by atoms with van der Waals surface area (Å²) in [6.07, 6.45) is 0. The summed E-state index contributed by atoms with van der Waals surface area (Å²) in [4.78, 5) is 15.0. The van der Waals surface area contributed by atoms with Crippen LogP contribution in [0.1, 0.15) is 0 Å². The highest BCUT2D eigenvalue weighted by atomic mass is 35.5. The van der Waals surface area contributed by atoms with Gasteiger partial charge in [-0.2, -0.15) is 0 Å². The Kier molecular flexibility index (Phi) is 5.39. The highest BCUT2D eigenvalue weighted by molar-refractivity contribution is 7.25. The summed E-state index contributed by atoms with van der Waals surface area (Å²) in [7, 11) is 0. The number of thiophene rings is 1. The molecule has 0 aliphatic carbocycles. The van der Waals surface area contributed by atoms with E-state index in [-0.39, 0.29) is 0 Å². The average Bonchev–Trinajstić information content (AvgIpc) is 3.62. The van der Waals surface area contributed by atoms with E-state index in [1.807, 2.05) is 66.7 Å². The molecule has 9 aromatic rings. The van der Waals surface area contributed by atoms with Gasteiger partial charge in [-0.1, -0.05) is 84.4 Å². The zero-order chi connectivity index (χ0) is 28.5. The van der Waals surface area contributed by atoms with E-state index in [4.69, 9.17) is 31.0 Å². The van der Waals surface area contributed by atoms with Gasteiger partial charge in [-0.15, -0.1) is 11.3 Å². The molecule has 202 valence electrons. The van der Waals surface area contributed by atoms with Crippen LogP contribution in [0.25, 0.3) is 87.0 Å². The molecule has 0 aliphatic rings. The molecule has 0 saturated carbocycles. The van der Waals surface area contributed by atoms with Gasteiger partial charge >= 0.3 is 0 Å². The second-order valence-electron chi connectivity index (χ2n) is 10.6. The predicted molar refractivity (Wildman–Crippen MR) is 179 cm³/mol. The number of hydrogen-bond donors (Lipinski definition) is 0. The van der Waals surface area contributed by atoms with Crippen LogP contribution in [-0.4, -0.2) is 15.0 Å². The third-order valence-corrected chi connectivity index (χ3v) is 9.35. The van der Waals surface area contributed by atoms with E-state index in [0.717, 1.165) is 49.4 Å². The predicted octanol–water partition coefficient (Wildman–Crippen LogP) is 10.9. The Morgan fingerprint density at radius 1 is 0.488 bits per heavy atom. The lowest BCUT2D eigenvalue weighted by Crippen LogP contribution is -2.00. The molecule has 0 unspecified atom stereocenters. The Labute approximate surface area is 254 Å². The second kappa shape index (κ2) is 9.46. The first-order valence-electron chi connectivity index (χ1n) is 14.0. The molecule has 0 spiro atoms. The quantitative estimate of drug-likeness (QED) is 0.206. The molecule has 6 heteroatoms. The van der Waals surface area contributed by atoms with E-state index in [2.05, 4.69) is 54.6 Å². The summed E-state index contributed by atoms with van der Waals surface area (Å²) in [5.41, 5.74) is 4.40. The van der Waals surface area contributed by atoms with Crippen molar-refractivity contribution in [3.63, 3.8) is 0 Å². The van der Waals surface area contributed by atoms with E-state index in [0.29, 0.717) is 22.5 Å². The van der Waals surface area contributed by atoms with Gasteiger partial charge < -0.3 is 4.42 Å². The first-order chi connectivity index (χ1) is 21.2. The Hall–Kier alpha value is -5.10. The number of nitrogens with zero attached hydrogens (tertiary/aromatic N) is 3. The SMILES string of the molecule is Clc1ccc2ccc3oc4ccc(-c5nc(-c6ccccc6)nc(-c6ccc7c(c6)sc6ccccc67)n5)cc4c3c2c1. The van der Waals surface area contributed by atoms with Gasteiger partial charge in [0.05, 0.1) is 0 Å². The maximum Gasteiger partial charge on any atom is 0.164 e. The molecule has 0 bridgehead atoms. The van der Waals surface area contributed by atoms with Crippen molar-refractivity contribution in [1.29, 1.82) is 0 Å². The van der Waals surface area contributed by atoms with Crippen LogP contribution in [0, 0.1) is 0 Å². The highest BCUT2D eigenvalue weighted by Crippen LogP contribution is 2.39. The van der Waals surface area contributed by atoms with Gasteiger partial charge in [0.2, 0.25) is 0 Å². The Morgan fingerprint density at radius 2 is 1.16 bits per heavy atom. The molecule has 9 rings (SSSR count). The summed E-state index contributed by atoms with van der Waals surface area (Å²) in [6, 6.07) is 41.2. The molecule has 4 nitrogen and oxygen atoms in total. The number of benzene rings is 6. The van der Waals surface area contributed by atoms with Crippen LogP contribution in [0.3, 0.4) is 0 Å². The smallest absolute Gasteiger partial charge is 0.164 e. The van der Waals surface area contributed by atoms with Gasteiger partial charge in [-0.3, -0.25) is 0 Å². The summed E-state index contributed by atoms with van der Waals surface area (Å²) >= 11 is 8.20. The molecule has 3 aromatic heterocycles. The minimum absolute atomic E-state index is 0.606. The molecule has 0 radical (unpaired) electrons. The van der Waals surface area contributed by atoms with Crippen molar-refractivity contribution >= 4 is 75.8 Å². The summed E-state index contributed by atoms with van der Waals surface area (Å²) in [5.74, 6) is 1.87. The molecule has 43 heavy (non-hydrogen) atoms. The molecule has 0 N–H and O–H groups in total. The summed E-state index contributed by atoms with van der Waals surface area (Å²) in [5, 5.41) is 7.39. The maximum absolute atomic E-state index is 6.42. The standard InChI is InChI=1S/C37H20ClN3OS/c38-25-14-10-21-12-17-31-34(28(21)20-25)29-18-23(13-16-30(29)42-31)36-39-35(22-6-2-1-3-7-22)40-37(41-36)24-11-15-27-26-8-4-5-9-32(26)43-33(27)19-24/h1-20H. The zero-order valence-electron chi connectivity index (χ0n) is 22.6. The van der Waals surface area contributed by atoms with Crippen molar-refractivity contribution < 1.29 is 4.42 Å². The molecular weight excluding hydrogens is 570 g/mol. The second-order valence-corrected chi connectivity index (χ2v) is 12.1. The van der Waals surface area contributed by atoms with Gasteiger partial charge in [0.25, 0.3) is 0 Å². The van der Waals surface area contributed by atoms with Gasteiger partial charge in [-0.25, -0.2) is 15.0 Å². The molecule has 0 saturated heterocycles. The van der Waals surface area contributed by atoms with Crippen LogP contribution in [0.5, 0.6) is 0 Å². The lowest BCUT2D eigenvalue weighted by Gasteiger charge is -2.09. The van der Waals surface area contributed by atoms with Crippen molar-refractivity contribution in [3.8, 4) is 34.2 Å². The average molecular weight is 590 g/mol. The highest BCUT2D eigenvalue weighted by Gasteiger charge is 2.17. The van der Waals surface area contributed by atoms with E-state index in [1.165, 1.54) is 20.2 Å². The monoisotopic (exact) mass is 589 g/mol. The van der Waals surface area contributed by atoms with E-state index in [1.54, 1.807) is 11.3 Å². The van der Waals surface area contributed by atoms with E-state index >= 15 is 0 Å². The van der Waals surface area contributed by atoms with Crippen molar-refractivity contribution in [2.24, 2.45) is 0 Å². The Bertz CT molecular complexity index is 2530. The number of furan rings is 1. The Balaban J connectivity index is 1.27. The molecule has 0 atom stereocenters. The third-order valence-electron chi connectivity index (χ3n) is 7.98. The molecule has 0 aliphatic heterocycles. The lowest BCUT2D eigenvalue weighted by atomic mass is 10.0. The van der Waals surface area contributed by atoms with Crippen LogP contribution in [-0.2, 0) is 0 Å². The van der Waals surface area contributed by atoms with Gasteiger partial charge in [0.15, 0.2) is 17.5 Å². The summed E-state index contributed by atoms with van der Waals surface area (Å²) in [6.45, 7) is 0. The molecule has 0 amide bonds. The van der Waals surface area contributed by atoms with Crippen molar-refractivity contribution in [2.45, 2.75) is 0 Å². The fourth-order valence-corrected chi connectivity index (χ4v) is 7.24. The maximum atomic E-state index is 6.42. The third kappa shape index (κ3) is 4.01. The van der Waals surface area contributed by atoms with Crippen LogP contribution < -0.4 is 0 Å². The van der Waals surface area contributed by atoms with Crippen molar-refractivity contribution in [1.82, 2.24) is 15.0 Å². The first-order valence-corrected chi connectivity index (χ1v) is 15.2. The molecular formula is C37H20ClN3OS. The number of rotatable bonds is 3. The number of aromatic nitrogens is 3. The minimum atomic E-state index is 0.606. The topological polar surface area (TPSA) is 51.8 Å². The molecule has 6 aromatic carbocycles. The van der Waals surface area contributed by atoms with E-state index in [9.17, 15) is 0 Å². The largest absolute Gasteiger partial charge is 0.456 e. The van der Waals surface area contributed by atoms with Gasteiger partial charge in [0.1, 0.15) is 11.2 Å². The first kappa shape index (κ1) is 24.5. The van der Waals surface area contributed by atoms with Gasteiger partial charge in [0, 0.05) is 52.7 Å². The van der Waals surface area contributed by atoms with Crippen LogP contribution in [0.15, 0.2) is 126 Å². The lowest BCUT2D eigenvalue weighted by molar-refractivity contribution is 0.669. The molecule has 0 fully saturated rings. The molecule has 3 heterocycles. The van der Waals surface area contributed by atoms with Crippen molar-refractivity contribution in [3.05, 3.63) is 126 Å². The van der Waals surface area contributed by atoms with E-state index < -0.39 is 0 Å². The number of fused-ring (bicyclic) bond motifs is 8. The number of halogens is 1. The minimum Gasteiger partial charge on any atom is -0.456 e. The van der Waals surface area contributed by atoms with Crippen LogP contribution >= 0.6 is 22.9 Å². The number of hydrogen-bond acceptors (Lipinski definition) is 5. The Morgan fingerprint density at radius 3 is 2.02 bits per heavy atom. The summed E-state index contributed by atoms with van der Waals surface area (Å²) < 4.78 is 8.72. The van der Waals surface area contributed by atoms with Gasteiger partial charge in [-0.05, 0) is 59.3 Å². The normalized spacial score (nSPS) is 11.8. The zero-order valence-corrected chi connectivity index (χ0v) is 24.2. The van der Waals surface area contributed by atoms with Crippen LogP contribution in [0.2, 0.25) is 5.02 Å². The van der Waals surface area contributed by atoms with Crippen LogP contribution in [0.4, 0.5) is 0 Å².